The minimum Gasteiger partial charge on any atom is -0.459 e. The van der Waals surface area contributed by atoms with Crippen molar-refractivity contribution in [2.24, 2.45) is 5.10 Å². The van der Waals surface area contributed by atoms with Gasteiger partial charge in [0.2, 0.25) is 20.0 Å². The molecular weight excluding hydrogens is 660 g/mol. The Hall–Kier alpha value is -4.59. The molecule has 1 aromatic heterocycles. The molecule has 5 aromatic rings. The van der Waals surface area contributed by atoms with Crippen LogP contribution in [0.1, 0.15) is 22.6 Å². The monoisotopic (exact) mass is 690 g/mol. The molecule has 0 fully saturated rings. The predicted molar refractivity (Wildman–Crippen MR) is 179 cm³/mol. The van der Waals surface area contributed by atoms with Crippen LogP contribution < -0.4 is 5.43 Å². The lowest BCUT2D eigenvalue weighted by molar-refractivity contribution is -0.121. The topological polar surface area (TPSA) is 129 Å². The van der Waals surface area contributed by atoms with Crippen molar-refractivity contribution < 1.29 is 26.0 Å². The Labute approximate surface area is 279 Å². The van der Waals surface area contributed by atoms with E-state index in [-0.39, 0.29) is 35.2 Å². The number of hydrogen-bond donors (Lipinski definition) is 1. The lowest BCUT2D eigenvalue weighted by atomic mass is 10.2. The van der Waals surface area contributed by atoms with Crippen molar-refractivity contribution in [2.45, 2.75) is 29.4 Å². The van der Waals surface area contributed by atoms with Gasteiger partial charge in [-0.1, -0.05) is 90.5 Å². The number of amides is 1. The second-order valence-corrected chi connectivity index (χ2v) is 14.7. The van der Waals surface area contributed by atoms with Gasteiger partial charge in [-0.15, -0.1) is 0 Å². The number of benzene rings is 4. The second kappa shape index (κ2) is 15.3. The summed E-state index contributed by atoms with van der Waals surface area (Å²) in [5.74, 6) is -0.0669. The molecule has 0 unspecified atom stereocenters. The molecule has 13 heteroatoms. The van der Waals surface area contributed by atoms with Crippen LogP contribution in [0.25, 0.3) is 0 Å². The molecule has 0 aliphatic carbocycles. The summed E-state index contributed by atoms with van der Waals surface area (Å²) in [7, 11) is -7.92. The van der Waals surface area contributed by atoms with Gasteiger partial charge in [0.1, 0.15) is 11.5 Å². The van der Waals surface area contributed by atoms with Gasteiger partial charge in [-0.25, -0.2) is 22.3 Å². The smallest absolute Gasteiger partial charge is 0.255 e. The Kier molecular flexibility index (Phi) is 11.0. The fourth-order valence-corrected chi connectivity index (χ4v) is 7.53. The van der Waals surface area contributed by atoms with E-state index in [1.807, 2.05) is 36.4 Å². The summed E-state index contributed by atoms with van der Waals surface area (Å²) in [5.41, 5.74) is 3.85. The van der Waals surface area contributed by atoms with Crippen LogP contribution in [0.5, 0.6) is 0 Å². The molecule has 242 valence electrons. The highest BCUT2D eigenvalue weighted by Crippen LogP contribution is 2.24. The van der Waals surface area contributed by atoms with Gasteiger partial charge in [-0.2, -0.15) is 13.7 Å². The Morgan fingerprint density at radius 2 is 1.17 bits per heavy atom. The van der Waals surface area contributed by atoms with Gasteiger partial charge in [0.15, 0.2) is 0 Å². The van der Waals surface area contributed by atoms with Crippen LogP contribution in [0.2, 0.25) is 5.02 Å². The number of halogens is 1. The van der Waals surface area contributed by atoms with Crippen LogP contribution in [0, 0.1) is 0 Å². The van der Waals surface area contributed by atoms with Gasteiger partial charge in [-0.3, -0.25) is 4.79 Å². The van der Waals surface area contributed by atoms with Crippen molar-refractivity contribution in [1.29, 1.82) is 0 Å². The molecule has 4 aromatic carbocycles. The van der Waals surface area contributed by atoms with Gasteiger partial charge in [0, 0.05) is 18.1 Å². The highest BCUT2D eigenvalue weighted by atomic mass is 35.5. The van der Waals surface area contributed by atoms with Crippen molar-refractivity contribution in [3.8, 4) is 0 Å². The Morgan fingerprint density at radius 3 is 1.77 bits per heavy atom. The number of hydrogen-bond acceptors (Lipinski definition) is 7. The Balaban J connectivity index is 1.27. The molecule has 0 radical (unpaired) electrons. The lowest BCUT2D eigenvalue weighted by Gasteiger charge is -2.21. The van der Waals surface area contributed by atoms with Crippen LogP contribution in [-0.2, 0) is 44.5 Å². The van der Waals surface area contributed by atoms with E-state index in [4.69, 9.17) is 16.0 Å². The first-order chi connectivity index (χ1) is 22.6. The van der Waals surface area contributed by atoms with Gasteiger partial charge < -0.3 is 4.42 Å². The quantitative estimate of drug-likeness (QED) is 0.118. The molecule has 0 aliphatic heterocycles. The van der Waals surface area contributed by atoms with Crippen molar-refractivity contribution in [1.82, 2.24) is 14.0 Å². The van der Waals surface area contributed by atoms with E-state index in [1.54, 1.807) is 54.6 Å². The zero-order valence-corrected chi connectivity index (χ0v) is 27.4. The van der Waals surface area contributed by atoms with Gasteiger partial charge in [0.05, 0.1) is 29.1 Å². The molecule has 10 nitrogen and oxygen atoms in total. The molecule has 47 heavy (non-hydrogen) atoms. The SMILES string of the molecule is O=C(CN(Cc1ccccc1)S(=O)(=O)c1ccccc1)N/N=C\c1ccc(CN(Cc2ccccc2)S(=O)(=O)c2ccc(Cl)cc2)o1. The molecule has 1 amide bonds. The number of rotatable bonds is 14. The van der Waals surface area contributed by atoms with Crippen molar-refractivity contribution >= 4 is 43.8 Å². The fraction of sp³-hybridized carbons (Fsp3) is 0.118. The molecule has 0 saturated heterocycles. The zero-order valence-electron chi connectivity index (χ0n) is 25.0. The van der Waals surface area contributed by atoms with Gasteiger partial charge in [-0.05, 0) is 59.7 Å². The minimum absolute atomic E-state index is 0.0187. The molecular formula is C34H31ClN4O6S2. The molecule has 0 aliphatic rings. The fourth-order valence-electron chi connectivity index (χ4n) is 4.61. The molecule has 0 saturated carbocycles. The first kappa shape index (κ1) is 33.8. The zero-order chi connectivity index (χ0) is 33.3. The highest BCUT2D eigenvalue weighted by molar-refractivity contribution is 7.89. The summed E-state index contributed by atoms with van der Waals surface area (Å²) in [6.45, 7) is -0.484. The molecule has 1 heterocycles. The van der Waals surface area contributed by atoms with Gasteiger partial charge >= 0.3 is 0 Å². The average Bonchev–Trinajstić information content (AvgIpc) is 3.53. The maximum atomic E-state index is 13.6. The van der Waals surface area contributed by atoms with E-state index >= 15 is 0 Å². The van der Waals surface area contributed by atoms with Crippen LogP contribution >= 0.6 is 11.6 Å². The third-order valence-corrected chi connectivity index (χ3v) is 10.8. The van der Waals surface area contributed by atoms with Gasteiger partial charge in [0.25, 0.3) is 5.91 Å². The van der Waals surface area contributed by atoms with Crippen molar-refractivity contribution in [3.63, 3.8) is 0 Å². The highest BCUT2D eigenvalue weighted by Gasteiger charge is 2.28. The Morgan fingerprint density at radius 1 is 0.660 bits per heavy atom. The number of furan rings is 1. The molecule has 1 N–H and O–H groups in total. The van der Waals surface area contributed by atoms with E-state index in [2.05, 4.69) is 10.5 Å². The van der Waals surface area contributed by atoms with Crippen molar-refractivity contribution in [2.75, 3.05) is 6.54 Å². The third-order valence-electron chi connectivity index (χ3n) is 6.95. The van der Waals surface area contributed by atoms with E-state index in [0.717, 1.165) is 9.87 Å². The summed E-state index contributed by atoms with van der Waals surface area (Å²) in [4.78, 5) is 13.0. The lowest BCUT2D eigenvalue weighted by Crippen LogP contribution is -2.39. The van der Waals surface area contributed by atoms with E-state index in [1.165, 1.54) is 46.9 Å². The number of sulfonamides is 2. The molecule has 5 rings (SSSR count). The maximum absolute atomic E-state index is 13.6. The summed E-state index contributed by atoms with van der Waals surface area (Å²) >= 11 is 5.98. The predicted octanol–water partition coefficient (Wildman–Crippen LogP) is 5.67. The van der Waals surface area contributed by atoms with Crippen LogP contribution in [0.4, 0.5) is 0 Å². The van der Waals surface area contributed by atoms with E-state index < -0.39 is 32.5 Å². The standard InChI is InChI=1S/C34H31ClN4O6S2/c35-29-16-20-33(21-17-29)47(43,44)38(23-27-10-4-1-5-11-27)25-31-19-18-30(45-31)22-36-37-34(40)26-39(24-28-12-6-2-7-13-28)46(41,42)32-14-8-3-9-15-32/h1-22H,23-26H2,(H,37,40)/b36-22-. The third kappa shape index (κ3) is 9.03. The van der Waals surface area contributed by atoms with Crippen LogP contribution in [0.15, 0.2) is 147 Å². The van der Waals surface area contributed by atoms with Crippen LogP contribution in [0.3, 0.4) is 0 Å². The number of nitrogens with one attached hydrogen (secondary N) is 1. The summed E-state index contributed by atoms with van der Waals surface area (Å²) in [6.07, 6.45) is 1.25. The molecule has 0 atom stereocenters. The first-order valence-electron chi connectivity index (χ1n) is 14.4. The summed E-state index contributed by atoms with van der Waals surface area (Å²) < 4.78 is 62.2. The number of carbonyl (C=O) groups excluding carboxylic acids is 1. The molecule has 0 spiro atoms. The summed E-state index contributed by atoms with van der Waals surface area (Å²) in [5, 5.41) is 4.36. The van der Waals surface area contributed by atoms with E-state index in [0.29, 0.717) is 16.3 Å². The normalized spacial score (nSPS) is 12.1. The Bertz CT molecular complexity index is 2020. The molecule has 0 bridgehead atoms. The second-order valence-electron chi connectivity index (χ2n) is 10.4. The average molecular weight is 691 g/mol. The van der Waals surface area contributed by atoms with E-state index in [9.17, 15) is 21.6 Å². The number of carbonyl (C=O) groups is 1. The maximum Gasteiger partial charge on any atom is 0.255 e. The summed E-state index contributed by atoms with van der Waals surface area (Å²) in [6, 6.07) is 35.1. The largest absolute Gasteiger partial charge is 0.459 e. The number of hydrazone groups is 1. The van der Waals surface area contributed by atoms with Crippen molar-refractivity contribution in [3.05, 3.63) is 155 Å². The first-order valence-corrected chi connectivity index (χ1v) is 17.7. The van der Waals surface area contributed by atoms with Crippen LogP contribution in [-0.4, -0.2) is 44.1 Å². The minimum atomic E-state index is -4.00. The number of nitrogens with zero attached hydrogens (tertiary/aromatic N) is 3.